The average molecular weight is 399 g/mol. The van der Waals surface area contributed by atoms with E-state index in [4.69, 9.17) is 0 Å². The molecule has 29 heavy (non-hydrogen) atoms. The number of anilines is 1. The number of carbonyl (C=O) groups is 1. The van der Waals surface area contributed by atoms with Crippen LogP contribution in [0, 0.1) is 11.6 Å². The van der Waals surface area contributed by atoms with Gasteiger partial charge in [-0.3, -0.25) is 9.69 Å². The van der Waals surface area contributed by atoms with E-state index in [0.717, 1.165) is 63.6 Å². The Balaban J connectivity index is 1.19. The summed E-state index contributed by atoms with van der Waals surface area (Å²) in [6, 6.07) is 12.2. The Labute approximate surface area is 170 Å². The second kappa shape index (κ2) is 8.91. The largest absolute Gasteiger partial charge is 0.366 e. The summed E-state index contributed by atoms with van der Waals surface area (Å²) in [6.07, 6.45) is 4.13. The lowest BCUT2D eigenvalue weighted by molar-refractivity contribution is 0.0948. The van der Waals surface area contributed by atoms with Crippen LogP contribution in [-0.2, 0) is 6.42 Å². The highest BCUT2D eigenvalue weighted by Crippen LogP contribution is 2.32. The summed E-state index contributed by atoms with van der Waals surface area (Å²) >= 11 is 0. The first-order valence-electron chi connectivity index (χ1n) is 10.4. The van der Waals surface area contributed by atoms with Gasteiger partial charge in [0.05, 0.1) is 5.56 Å². The second-order valence-corrected chi connectivity index (χ2v) is 7.90. The van der Waals surface area contributed by atoms with Crippen molar-refractivity contribution in [2.24, 2.45) is 0 Å². The lowest BCUT2D eigenvalue weighted by Crippen LogP contribution is -2.55. The van der Waals surface area contributed by atoms with Gasteiger partial charge in [-0.1, -0.05) is 18.2 Å². The van der Waals surface area contributed by atoms with Crippen LogP contribution in [0.2, 0.25) is 0 Å². The zero-order chi connectivity index (χ0) is 20.2. The summed E-state index contributed by atoms with van der Waals surface area (Å²) in [5, 5.41) is 2.69. The summed E-state index contributed by atoms with van der Waals surface area (Å²) in [4.78, 5) is 17.1. The Morgan fingerprint density at radius 3 is 2.86 bits per heavy atom. The van der Waals surface area contributed by atoms with Gasteiger partial charge in [-0.2, -0.15) is 0 Å². The number of para-hydroxylation sites is 1. The van der Waals surface area contributed by atoms with E-state index in [1.807, 2.05) is 0 Å². The molecule has 1 saturated heterocycles. The van der Waals surface area contributed by atoms with Gasteiger partial charge in [0.15, 0.2) is 0 Å². The van der Waals surface area contributed by atoms with Gasteiger partial charge >= 0.3 is 0 Å². The molecule has 2 aliphatic rings. The van der Waals surface area contributed by atoms with Crippen LogP contribution in [0.25, 0.3) is 0 Å². The van der Waals surface area contributed by atoms with Gasteiger partial charge in [0, 0.05) is 37.9 Å². The van der Waals surface area contributed by atoms with Gasteiger partial charge < -0.3 is 10.2 Å². The molecular formula is C23H27F2N3O. The number of unbranched alkanes of at least 4 members (excludes halogenated alkanes) is 1. The zero-order valence-corrected chi connectivity index (χ0v) is 16.5. The Morgan fingerprint density at radius 1 is 1.10 bits per heavy atom. The fraction of sp³-hybridized carbons (Fsp3) is 0.435. The molecule has 4 rings (SSSR count). The van der Waals surface area contributed by atoms with Crippen LogP contribution in [0.5, 0.6) is 0 Å². The molecule has 154 valence electrons. The maximum atomic E-state index is 13.6. The number of amides is 1. The van der Waals surface area contributed by atoms with Crippen molar-refractivity contribution < 1.29 is 13.6 Å². The predicted octanol–water partition coefficient (Wildman–Crippen LogP) is 3.61. The molecule has 6 heteroatoms. The first-order valence-corrected chi connectivity index (χ1v) is 10.4. The van der Waals surface area contributed by atoms with Crippen molar-refractivity contribution in [3.05, 3.63) is 65.2 Å². The minimum absolute atomic E-state index is 0.237. The second-order valence-electron chi connectivity index (χ2n) is 7.90. The molecule has 1 atom stereocenters. The monoisotopic (exact) mass is 399 g/mol. The third-order valence-electron chi connectivity index (χ3n) is 5.97. The summed E-state index contributed by atoms with van der Waals surface area (Å²) in [5.41, 5.74) is 2.62. The average Bonchev–Trinajstić information content (AvgIpc) is 2.74. The first-order chi connectivity index (χ1) is 14.1. The molecule has 0 aliphatic carbocycles. The van der Waals surface area contributed by atoms with Crippen molar-refractivity contribution in [2.75, 3.05) is 37.6 Å². The molecule has 0 aromatic heterocycles. The predicted molar refractivity (Wildman–Crippen MR) is 110 cm³/mol. The van der Waals surface area contributed by atoms with Crippen LogP contribution >= 0.6 is 0 Å². The normalized spacial score (nSPS) is 18.8. The van der Waals surface area contributed by atoms with E-state index in [2.05, 4.69) is 39.4 Å². The maximum absolute atomic E-state index is 13.6. The number of benzene rings is 2. The number of hydrogen-bond acceptors (Lipinski definition) is 3. The molecule has 0 bridgehead atoms. The van der Waals surface area contributed by atoms with Gasteiger partial charge in [-0.15, -0.1) is 0 Å². The molecule has 0 spiro atoms. The standard InChI is InChI=1S/C23H27F2N3O/c24-18-8-10-21(25)20(15-18)23(29)26-11-3-4-12-27-13-14-28-19(16-27)9-7-17-5-1-2-6-22(17)28/h1-2,5-6,8,10,15,19H,3-4,7,9,11-14,16H2,(H,26,29). The Bertz CT molecular complexity index is 873. The summed E-state index contributed by atoms with van der Waals surface area (Å²) < 4.78 is 26.8. The van der Waals surface area contributed by atoms with Gasteiger partial charge in [-0.05, 0) is 62.1 Å². The molecular weight excluding hydrogens is 372 g/mol. The van der Waals surface area contributed by atoms with Crippen molar-refractivity contribution in [1.29, 1.82) is 0 Å². The number of rotatable bonds is 6. The molecule has 2 aromatic carbocycles. The molecule has 4 nitrogen and oxygen atoms in total. The lowest BCUT2D eigenvalue weighted by Gasteiger charge is -2.46. The number of fused-ring (bicyclic) bond motifs is 3. The highest BCUT2D eigenvalue weighted by atomic mass is 19.1. The zero-order valence-electron chi connectivity index (χ0n) is 16.5. The molecule has 2 heterocycles. The van der Waals surface area contributed by atoms with Crippen molar-refractivity contribution in [3.8, 4) is 0 Å². The molecule has 0 radical (unpaired) electrons. The summed E-state index contributed by atoms with van der Waals surface area (Å²) in [7, 11) is 0. The lowest BCUT2D eigenvalue weighted by atomic mass is 9.94. The summed E-state index contributed by atoms with van der Waals surface area (Å²) in [6.45, 7) is 4.64. The van der Waals surface area contributed by atoms with Crippen molar-refractivity contribution in [1.82, 2.24) is 10.2 Å². The van der Waals surface area contributed by atoms with E-state index < -0.39 is 17.5 Å². The minimum Gasteiger partial charge on any atom is -0.366 e. The fourth-order valence-corrected chi connectivity index (χ4v) is 4.44. The van der Waals surface area contributed by atoms with Gasteiger partial charge in [-0.25, -0.2) is 8.78 Å². The Morgan fingerprint density at radius 2 is 1.97 bits per heavy atom. The van der Waals surface area contributed by atoms with Gasteiger partial charge in [0.25, 0.3) is 5.91 Å². The third-order valence-corrected chi connectivity index (χ3v) is 5.97. The Kier molecular flexibility index (Phi) is 6.09. The fourth-order valence-electron chi connectivity index (χ4n) is 4.44. The van der Waals surface area contributed by atoms with E-state index >= 15 is 0 Å². The van der Waals surface area contributed by atoms with Crippen LogP contribution in [0.15, 0.2) is 42.5 Å². The van der Waals surface area contributed by atoms with E-state index in [0.29, 0.717) is 12.6 Å². The van der Waals surface area contributed by atoms with Gasteiger partial charge in [0.2, 0.25) is 0 Å². The first kappa shape index (κ1) is 19.8. The number of nitrogens with zero attached hydrogens (tertiary/aromatic N) is 2. The maximum Gasteiger partial charge on any atom is 0.254 e. The topological polar surface area (TPSA) is 35.6 Å². The quantitative estimate of drug-likeness (QED) is 0.754. The van der Waals surface area contributed by atoms with Crippen molar-refractivity contribution in [2.45, 2.75) is 31.7 Å². The van der Waals surface area contributed by atoms with Gasteiger partial charge in [0.1, 0.15) is 11.6 Å². The van der Waals surface area contributed by atoms with Crippen molar-refractivity contribution in [3.63, 3.8) is 0 Å². The number of nitrogens with one attached hydrogen (secondary N) is 1. The number of halogens is 2. The van der Waals surface area contributed by atoms with E-state index in [-0.39, 0.29) is 5.56 Å². The van der Waals surface area contributed by atoms with Crippen LogP contribution in [0.4, 0.5) is 14.5 Å². The number of carbonyl (C=O) groups excluding carboxylic acids is 1. The molecule has 1 amide bonds. The van der Waals surface area contributed by atoms with Crippen LogP contribution in [-0.4, -0.2) is 49.6 Å². The Hall–Kier alpha value is -2.47. The van der Waals surface area contributed by atoms with Crippen LogP contribution in [0.1, 0.15) is 35.2 Å². The van der Waals surface area contributed by atoms with E-state index in [1.165, 1.54) is 17.7 Å². The molecule has 2 aliphatic heterocycles. The SMILES string of the molecule is O=C(NCCCCN1CCN2c3ccccc3CCC2C1)c1cc(F)ccc1F. The van der Waals surface area contributed by atoms with E-state index in [1.54, 1.807) is 0 Å². The highest BCUT2D eigenvalue weighted by Gasteiger charge is 2.30. The molecule has 1 N–H and O–H groups in total. The van der Waals surface area contributed by atoms with Crippen molar-refractivity contribution >= 4 is 11.6 Å². The number of hydrogen-bond donors (Lipinski definition) is 1. The highest BCUT2D eigenvalue weighted by molar-refractivity contribution is 5.94. The summed E-state index contributed by atoms with van der Waals surface area (Å²) in [5.74, 6) is -1.87. The minimum atomic E-state index is -0.698. The number of aryl methyl sites for hydroxylation is 1. The molecule has 1 fully saturated rings. The van der Waals surface area contributed by atoms with Crippen LogP contribution in [0.3, 0.4) is 0 Å². The van der Waals surface area contributed by atoms with E-state index in [9.17, 15) is 13.6 Å². The smallest absolute Gasteiger partial charge is 0.254 e. The molecule has 1 unspecified atom stereocenters. The molecule has 2 aromatic rings. The van der Waals surface area contributed by atoms with Crippen LogP contribution < -0.4 is 10.2 Å². The third kappa shape index (κ3) is 4.58. The molecule has 0 saturated carbocycles. The number of piperazine rings is 1.